The van der Waals surface area contributed by atoms with Gasteiger partial charge in [-0.05, 0) is 75.8 Å². The minimum absolute atomic E-state index is 0.000324. The van der Waals surface area contributed by atoms with Gasteiger partial charge in [0, 0.05) is 11.5 Å². The quantitative estimate of drug-likeness (QED) is 0.713. The van der Waals surface area contributed by atoms with Crippen molar-refractivity contribution in [3.05, 3.63) is 0 Å². The van der Waals surface area contributed by atoms with Crippen LogP contribution in [0.1, 0.15) is 51.9 Å². The zero-order chi connectivity index (χ0) is 12.3. The van der Waals surface area contributed by atoms with Crippen LogP contribution in [0.15, 0.2) is 0 Å². The van der Waals surface area contributed by atoms with Gasteiger partial charge in [0.2, 0.25) is 0 Å². The van der Waals surface area contributed by atoms with Gasteiger partial charge in [0.15, 0.2) is 0 Å². The van der Waals surface area contributed by atoms with Crippen LogP contribution in [0.3, 0.4) is 0 Å². The number of aliphatic hydroxyl groups is 1. The first kappa shape index (κ1) is 11.7. The van der Waals surface area contributed by atoms with Crippen molar-refractivity contribution in [1.82, 2.24) is 4.90 Å². The molecular weight excluding hydrogens is 222 g/mol. The highest BCUT2D eigenvalue weighted by atomic mass is 16.3. The summed E-state index contributed by atoms with van der Waals surface area (Å²) in [5.74, 6) is 3.20. The maximum absolute atomic E-state index is 10.6. The molecule has 0 radical (unpaired) electrons. The molecule has 0 amide bonds. The van der Waals surface area contributed by atoms with Crippen LogP contribution < -0.4 is 0 Å². The summed E-state index contributed by atoms with van der Waals surface area (Å²) in [4.78, 5) is 2.82. The van der Waals surface area contributed by atoms with Crippen molar-refractivity contribution in [2.24, 2.45) is 23.7 Å². The number of nitrogens with zero attached hydrogens (tertiary/aromatic N) is 1. The molecular formula is C16H27NO. The summed E-state index contributed by atoms with van der Waals surface area (Å²) in [7, 11) is 0. The van der Waals surface area contributed by atoms with Crippen LogP contribution in [0.25, 0.3) is 0 Å². The van der Waals surface area contributed by atoms with Crippen molar-refractivity contribution in [3.63, 3.8) is 0 Å². The molecule has 102 valence electrons. The molecule has 0 aromatic rings. The van der Waals surface area contributed by atoms with Crippen LogP contribution in [-0.2, 0) is 0 Å². The van der Waals surface area contributed by atoms with Crippen LogP contribution in [0.4, 0.5) is 0 Å². The van der Waals surface area contributed by atoms with Crippen molar-refractivity contribution >= 4 is 0 Å². The number of hydrogen-bond donors (Lipinski definition) is 1. The second-order valence-electron chi connectivity index (χ2n) is 7.58. The maximum atomic E-state index is 10.6. The van der Waals surface area contributed by atoms with Gasteiger partial charge in [-0.1, -0.05) is 6.92 Å². The molecule has 6 atom stereocenters. The van der Waals surface area contributed by atoms with Crippen LogP contribution in [0.2, 0.25) is 0 Å². The molecule has 2 aliphatic carbocycles. The summed E-state index contributed by atoms with van der Waals surface area (Å²) in [5.41, 5.74) is 0.413. The average molecular weight is 249 g/mol. The van der Waals surface area contributed by atoms with Gasteiger partial charge in [0.05, 0.1) is 6.10 Å². The fraction of sp³-hybridized carbons (Fsp3) is 1.00. The molecule has 0 aromatic heterocycles. The Balaban J connectivity index is 1.80. The molecule has 18 heavy (non-hydrogen) atoms. The Bertz CT molecular complexity index is 330. The zero-order valence-electron chi connectivity index (χ0n) is 11.6. The minimum atomic E-state index is -0.000324. The van der Waals surface area contributed by atoms with Gasteiger partial charge >= 0.3 is 0 Å². The molecule has 2 aliphatic heterocycles. The van der Waals surface area contributed by atoms with Crippen molar-refractivity contribution in [1.29, 1.82) is 0 Å². The first-order chi connectivity index (χ1) is 8.72. The molecule has 2 saturated heterocycles. The van der Waals surface area contributed by atoms with Crippen molar-refractivity contribution < 1.29 is 5.11 Å². The van der Waals surface area contributed by atoms with Crippen LogP contribution in [-0.4, -0.2) is 34.7 Å². The Hall–Kier alpha value is -0.0800. The predicted octanol–water partition coefficient (Wildman–Crippen LogP) is 2.66. The van der Waals surface area contributed by atoms with E-state index in [0.29, 0.717) is 11.5 Å². The molecule has 2 heterocycles. The van der Waals surface area contributed by atoms with Gasteiger partial charge in [-0.15, -0.1) is 0 Å². The van der Waals surface area contributed by atoms with E-state index in [0.717, 1.165) is 24.2 Å². The second kappa shape index (κ2) is 3.96. The molecule has 2 nitrogen and oxygen atoms in total. The molecule has 2 bridgehead atoms. The molecule has 4 rings (SSSR count). The average Bonchev–Trinajstić information content (AvgIpc) is 2.33. The number of aliphatic hydroxyl groups excluding tert-OH is 1. The van der Waals surface area contributed by atoms with Gasteiger partial charge in [-0.25, -0.2) is 0 Å². The van der Waals surface area contributed by atoms with E-state index in [-0.39, 0.29) is 6.10 Å². The highest BCUT2D eigenvalue weighted by Crippen LogP contribution is 2.60. The molecule has 4 fully saturated rings. The lowest BCUT2D eigenvalue weighted by Crippen LogP contribution is -2.72. The van der Waals surface area contributed by atoms with Gasteiger partial charge < -0.3 is 5.11 Å². The van der Waals surface area contributed by atoms with E-state index >= 15 is 0 Å². The normalized spacial score (nSPS) is 56.0. The standard InChI is InChI=1S/C16H27NO/c1-11-8-12-9-15(18)14-5-3-7-17-6-2-4-13(12)16(14,17)10-11/h11-15,18H,2-10H2,1H3/t11?,12-,13+,14+,15-,16+/m0/s1. The molecule has 2 saturated carbocycles. The third kappa shape index (κ3) is 1.37. The third-order valence-corrected chi connectivity index (χ3v) is 6.72. The SMILES string of the molecule is CC1C[C@H]2C[C@H](O)[C@H]3CCCN4CCC[C@H]2[C@]34C1. The Morgan fingerprint density at radius 1 is 1.06 bits per heavy atom. The Morgan fingerprint density at radius 2 is 1.78 bits per heavy atom. The molecule has 1 unspecified atom stereocenters. The predicted molar refractivity (Wildman–Crippen MR) is 72.3 cm³/mol. The highest BCUT2D eigenvalue weighted by molar-refractivity contribution is 5.15. The summed E-state index contributed by atoms with van der Waals surface area (Å²) in [5, 5.41) is 10.6. The maximum Gasteiger partial charge on any atom is 0.0589 e. The number of rotatable bonds is 0. The van der Waals surface area contributed by atoms with Gasteiger partial charge in [0.1, 0.15) is 0 Å². The van der Waals surface area contributed by atoms with Gasteiger partial charge in [-0.2, -0.15) is 0 Å². The molecule has 0 aromatic carbocycles. The van der Waals surface area contributed by atoms with E-state index in [1.54, 1.807) is 0 Å². The van der Waals surface area contributed by atoms with Crippen LogP contribution in [0, 0.1) is 23.7 Å². The lowest BCUT2D eigenvalue weighted by molar-refractivity contribution is -0.194. The Labute approximate surface area is 111 Å². The monoisotopic (exact) mass is 249 g/mol. The van der Waals surface area contributed by atoms with E-state index < -0.39 is 0 Å². The molecule has 1 spiro atoms. The van der Waals surface area contributed by atoms with E-state index in [2.05, 4.69) is 11.8 Å². The topological polar surface area (TPSA) is 23.5 Å². The van der Waals surface area contributed by atoms with Crippen molar-refractivity contribution in [2.45, 2.75) is 63.5 Å². The Morgan fingerprint density at radius 3 is 2.56 bits per heavy atom. The summed E-state index contributed by atoms with van der Waals surface area (Å²) < 4.78 is 0. The van der Waals surface area contributed by atoms with E-state index in [9.17, 15) is 5.11 Å². The van der Waals surface area contributed by atoms with Crippen LogP contribution in [0.5, 0.6) is 0 Å². The first-order valence-electron chi connectivity index (χ1n) is 8.15. The summed E-state index contributed by atoms with van der Waals surface area (Å²) in [6, 6.07) is 0. The summed E-state index contributed by atoms with van der Waals surface area (Å²) in [6.45, 7) is 5.06. The summed E-state index contributed by atoms with van der Waals surface area (Å²) >= 11 is 0. The smallest absolute Gasteiger partial charge is 0.0589 e. The third-order valence-electron chi connectivity index (χ3n) is 6.72. The van der Waals surface area contributed by atoms with Gasteiger partial charge in [0.25, 0.3) is 0 Å². The largest absolute Gasteiger partial charge is 0.393 e. The fourth-order valence-electron chi connectivity index (χ4n) is 6.43. The molecule has 1 N–H and O–H groups in total. The lowest BCUT2D eigenvalue weighted by atomic mass is 9.48. The lowest BCUT2D eigenvalue weighted by Gasteiger charge is -2.67. The zero-order valence-corrected chi connectivity index (χ0v) is 11.6. The fourth-order valence-corrected chi connectivity index (χ4v) is 6.43. The van der Waals surface area contributed by atoms with E-state index in [1.165, 1.54) is 51.6 Å². The van der Waals surface area contributed by atoms with Crippen molar-refractivity contribution in [3.8, 4) is 0 Å². The second-order valence-corrected chi connectivity index (χ2v) is 7.58. The molecule has 4 aliphatic rings. The Kier molecular flexibility index (Phi) is 2.58. The number of hydrogen-bond acceptors (Lipinski definition) is 2. The van der Waals surface area contributed by atoms with Crippen molar-refractivity contribution in [2.75, 3.05) is 13.1 Å². The number of piperidine rings is 2. The van der Waals surface area contributed by atoms with E-state index in [1.807, 2.05) is 0 Å². The highest BCUT2D eigenvalue weighted by Gasteiger charge is 2.61. The van der Waals surface area contributed by atoms with E-state index in [4.69, 9.17) is 0 Å². The molecule has 2 heteroatoms. The summed E-state index contributed by atoms with van der Waals surface area (Å²) in [6.07, 6.45) is 9.30. The van der Waals surface area contributed by atoms with Gasteiger partial charge in [-0.3, -0.25) is 4.90 Å². The first-order valence-corrected chi connectivity index (χ1v) is 8.15. The minimum Gasteiger partial charge on any atom is -0.393 e. The van der Waals surface area contributed by atoms with Crippen LogP contribution >= 0.6 is 0 Å².